The maximum atomic E-state index is 12.2. The van der Waals surface area contributed by atoms with Gasteiger partial charge in [-0.15, -0.1) is 0 Å². The van der Waals surface area contributed by atoms with Crippen molar-refractivity contribution in [2.24, 2.45) is 0 Å². The fraction of sp³-hybridized carbons (Fsp3) is 0.0323. The largest absolute Gasteiger partial charge is 0.511 e. The van der Waals surface area contributed by atoms with Crippen LogP contribution in [0.15, 0.2) is 231 Å². The summed E-state index contributed by atoms with van der Waals surface area (Å²) >= 11 is 0. The fourth-order valence-electron chi connectivity index (χ4n) is 8.88. The topological polar surface area (TPSA) is 162 Å². The highest BCUT2D eigenvalue weighted by Crippen LogP contribution is 2.45. The molecule has 0 heterocycles. The van der Waals surface area contributed by atoms with Crippen molar-refractivity contribution in [1.82, 2.24) is 0 Å². The molecule has 8 N–H and O–H groups in total. The maximum Gasteiger partial charge on any atom is 0.119 e. The number of aliphatic hydroxyl groups excluding tert-OH is 1. The van der Waals surface area contributed by atoms with Crippen LogP contribution in [0.3, 0.4) is 0 Å². The summed E-state index contributed by atoms with van der Waals surface area (Å²) in [6, 6.07) is 58.5. The zero-order chi connectivity index (χ0) is 48.9. The van der Waals surface area contributed by atoms with E-state index in [1.165, 1.54) is 0 Å². The Morgan fingerprint density at radius 3 is 1.07 bits per heavy atom. The van der Waals surface area contributed by atoms with Crippen LogP contribution in [-0.4, -0.2) is 40.9 Å². The minimum atomic E-state index is -0.838. The van der Waals surface area contributed by atoms with Gasteiger partial charge in [0.2, 0.25) is 0 Å². The molecule has 9 aromatic rings. The van der Waals surface area contributed by atoms with Crippen LogP contribution < -0.4 is 0 Å². The first-order valence-corrected chi connectivity index (χ1v) is 22.5. The molecule has 0 aliphatic rings. The van der Waals surface area contributed by atoms with E-state index >= 15 is 0 Å². The highest BCUT2D eigenvalue weighted by atomic mass is 16.3. The van der Waals surface area contributed by atoms with E-state index in [-0.39, 0.29) is 46.0 Å². The molecule has 0 aliphatic carbocycles. The molecule has 1 atom stereocenters. The number of benzene rings is 9. The summed E-state index contributed by atoms with van der Waals surface area (Å²) in [7, 11) is 0. The Morgan fingerprint density at radius 2 is 0.671 bits per heavy atom. The van der Waals surface area contributed by atoms with Crippen molar-refractivity contribution in [2.75, 3.05) is 0 Å². The summed E-state index contributed by atoms with van der Waals surface area (Å²) in [6.45, 7) is 3.87. The molecule has 0 bridgehead atoms. The molecule has 70 heavy (non-hydrogen) atoms. The lowest BCUT2D eigenvalue weighted by atomic mass is 9.81. The van der Waals surface area contributed by atoms with Crippen molar-refractivity contribution >= 4 is 5.57 Å². The lowest BCUT2D eigenvalue weighted by Gasteiger charge is -2.23. The molecule has 0 fully saturated rings. The molecule has 0 radical (unpaired) electrons. The number of phenols is 7. The quantitative estimate of drug-likeness (QED) is 0.0322. The van der Waals surface area contributed by atoms with Crippen molar-refractivity contribution in [2.45, 2.75) is 11.8 Å². The molecule has 0 saturated carbocycles. The van der Waals surface area contributed by atoms with E-state index in [1.807, 2.05) is 78.9 Å². The molecular formula is C62H48O8. The van der Waals surface area contributed by atoms with Crippen LogP contribution in [0.5, 0.6) is 40.2 Å². The molecule has 0 aromatic heterocycles. The van der Waals surface area contributed by atoms with Crippen molar-refractivity contribution in [3.05, 3.63) is 264 Å². The van der Waals surface area contributed by atoms with Gasteiger partial charge >= 0.3 is 0 Å². The minimum Gasteiger partial charge on any atom is -0.511 e. The van der Waals surface area contributed by atoms with Gasteiger partial charge in [0, 0.05) is 22.6 Å². The average Bonchev–Trinajstić information content (AvgIpc) is 3.37. The molecule has 0 saturated heterocycles. The third-order valence-electron chi connectivity index (χ3n) is 12.5. The Hall–Kier alpha value is -9.40. The van der Waals surface area contributed by atoms with Crippen LogP contribution in [0.25, 0.3) is 50.1 Å². The number of aromatic hydroxyl groups is 7. The summed E-state index contributed by atoms with van der Waals surface area (Å²) in [5.74, 6) is -1.01. The fourth-order valence-corrected chi connectivity index (χ4v) is 8.88. The third kappa shape index (κ3) is 9.83. The van der Waals surface area contributed by atoms with Crippen LogP contribution in [-0.2, 0) is 0 Å². The Labute approximate surface area is 405 Å². The first kappa shape index (κ1) is 45.7. The molecule has 9 aromatic carbocycles. The average molecular weight is 921 g/mol. The van der Waals surface area contributed by atoms with Gasteiger partial charge in [0.25, 0.3) is 0 Å². The Bertz CT molecular complexity index is 3280. The zero-order valence-electron chi connectivity index (χ0n) is 37.7. The van der Waals surface area contributed by atoms with Gasteiger partial charge in [-0.3, -0.25) is 0 Å². The zero-order valence-corrected chi connectivity index (χ0v) is 37.7. The Balaban J connectivity index is 1.11. The number of hydrogen-bond acceptors (Lipinski definition) is 8. The van der Waals surface area contributed by atoms with Crippen LogP contribution in [0, 0.1) is 0 Å². The number of rotatable bonds is 13. The minimum absolute atomic E-state index is 0.0279. The molecule has 1 unspecified atom stereocenters. The van der Waals surface area contributed by atoms with E-state index in [1.54, 1.807) is 140 Å². The summed E-state index contributed by atoms with van der Waals surface area (Å²) in [5, 5.41) is 86.8. The second kappa shape index (κ2) is 19.8. The van der Waals surface area contributed by atoms with Crippen LogP contribution in [0.4, 0.5) is 0 Å². The van der Waals surface area contributed by atoms with Gasteiger partial charge in [-0.25, -0.2) is 0 Å². The monoisotopic (exact) mass is 920 g/mol. The third-order valence-corrected chi connectivity index (χ3v) is 12.5. The van der Waals surface area contributed by atoms with Crippen molar-refractivity contribution in [1.29, 1.82) is 0 Å². The van der Waals surface area contributed by atoms with Crippen molar-refractivity contribution in [3.8, 4) is 84.8 Å². The Morgan fingerprint density at radius 1 is 0.357 bits per heavy atom. The van der Waals surface area contributed by atoms with Crippen LogP contribution in [0.1, 0.15) is 45.2 Å². The molecule has 0 amide bonds. The highest BCUT2D eigenvalue weighted by molar-refractivity contribution is 5.77. The SMILES string of the molecule is C=C/C=C(\C=C(/O)C(c1ccc(-c2ccc(C(c3cc(-c4ccc(O)cc4)ccc3O)c3cc(-c4ccc(O)cc4)ccc3O)cc2)cc1)c1cc(-c2ccc(O)cc2)ccc1O)c1ccc(O)cc1. The van der Waals surface area contributed by atoms with E-state index in [0.29, 0.717) is 27.8 Å². The first-order chi connectivity index (χ1) is 33.9. The Kier molecular flexibility index (Phi) is 13.0. The first-order valence-electron chi connectivity index (χ1n) is 22.5. The second-order valence-electron chi connectivity index (χ2n) is 17.0. The van der Waals surface area contributed by atoms with E-state index in [2.05, 4.69) is 6.58 Å². The van der Waals surface area contributed by atoms with Gasteiger partial charge < -0.3 is 40.9 Å². The number of hydrogen-bond donors (Lipinski definition) is 8. The molecule has 0 aliphatic heterocycles. The standard InChI is InChI=1S/C62H48O8/c1-2-3-46(40-12-23-50(63)24-13-40)37-60(70)62(56-36-49(22-33-59(56)69)43-18-29-53(66)30-19-43)45-10-6-39(7-11-45)38-4-8-44(9-5-38)61(54-34-47(20-31-57(54)67)41-14-25-51(64)26-15-41)55-35-48(21-32-58(55)68)42-16-27-52(65)28-17-42/h2-37,61-70H,1H2/b46-3+,60-37-. The molecule has 0 spiro atoms. The van der Waals surface area contributed by atoms with Gasteiger partial charge in [0.1, 0.15) is 46.0 Å². The van der Waals surface area contributed by atoms with Crippen LogP contribution in [0.2, 0.25) is 0 Å². The maximum absolute atomic E-state index is 12.2. The summed E-state index contributed by atoms with van der Waals surface area (Å²) in [5.41, 5.74) is 10.9. The molecular weight excluding hydrogens is 873 g/mol. The van der Waals surface area contributed by atoms with Gasteiger partial charge in [0.05, 0.1) is 5.92 Å². The van der Waals surface area contributed by atoms with E-state index in [0.717, 1.165) is 55.6 Å². The van der Waals surface area contributed by atoms with Gasteiger partial charge in [-0.05, 0) is 158 Å². The lowest BCUT2D eigenvalue weighted by Crippen LogP contribution is -2.06. The van der Waals surface area contributed by atoms with Crippen molar-refractivity contribution < 1.29 is 40.9 Å². The number of allylic oxidation sites excluding steroid dienone is 5. The summed E-state index contributed by atoms with van der Waals surface area (Å²) in [6.07, 6.45) is 5.00. The summed E-state index contributed by atoms with van der Waals surface area (Å²) < 4.78 is 0. The lowest BCUT2D eigenvalue weighted by molar-refractivity contribution is 0.377. The summed E-state index contributed by atoms with van der Waals surface area (Å²) in [4.78, 5) is 0. The number of aliphatic hydroxyl groups is 1. The van der Waals surface area contributed by atoms with E-state index in [4.69, 9.17) is 0 Å². The van der Waals surface area contributed by atoms with Crippen LogP contribution >= 0.6 is 0 Å². The molecule has 8 nitrogen and oxygen atoms in total. The van der Waals surface area contributed by atoms with Gasteiger partial charge in [0.15, 0.2) is 0 Å². The van der Waals surface area contributed by atoms with Gasteiger partial charge in [-0.2, -0.15) is 0 Å². The predicted octanol–water partition coefficient (Wildman–Crippen LogP) is 14.3. The van der Waals surface area contributed by atoms with Crippen molar-refractivity contribution in [3.63, 3.8) is 0 Å². The van der Waals surface area contributed by atoms with E-state index < -0.39 is 11.8 Å². The highest BCUT2D eigenvalue weighted by Gasteiger charge is 2.26. The number of phenolic OH excluding ortho intramolecular Hbond substituents is 7. The second-order valence-corrected chi connectivity index (χ2v) is 17.0. The smallest absolute Gasteiger partial charge is 0.119 e. The normalized spacial score (nSPS) is 12.2. The van der Waals surface area contributed by atoms with E-state index in [9.17, 15) is 40.9 Å². The molecule has 8 heteroatoms. The predicted molar refractivity (Wildman–Crippen MR) is 277 cm³/mol. The molecule has 344 valence electrons. The molecule has 9 rings (SSSR count). The van der Waals surface area contributed by atoms with Gasteiger partial charge in [-0.1, -0.05) is 134 Å².